The number of hydrogen-bond acceptors (Lipinski definition) is 3. The predicted octanol–water partition coefficient (Wildman–Crippen LogP) is 1.26. The number of nitrogens with one attached hydrogen (secondary N) is 1. The fourth-order valence-corrected chi connectivity index (χ4v) is 2.73. The van der Waals surface area contributed by atoms with Crippen LogP contribution < -0.4 is 5.32 Å². The molecule has 0 spiro atoms. The van der Waals surface area contributed by atoms with E-state index in [0.29, 0.717) is 5.56 Å². The van der Waals surface area contributed by atoms with Gasteiger partial charge in [0.15, 0.2) is 0 Å². The summed E-state index contributed by atoms with van der Waals surface area (Å²) in [4.78, 5) is 11.6. The van der Waals surface area contributed by atoms with Crippen molar-refractivity contribution in [1.82, 2.24) is 9.62 Å². The lowest BCUT2D eigenvalue weighted by atomic mass is 10.2. The molecule has 1 fully saturated rings. The molecule has 116 valence electrons. The molecule has 7 heteroatoms. The van der Waals surface area contributed by atoms with E-state index in [1.165, 1.54) is 12.1 Å². The van der Waals surface area contributed by atoms with Crippen molar-refractivity contribution < 1.29 is 17.6 Å². The Morgan fingerprint density at radius 1 is 1.38 bits per heavy atom. The molecule has 1 aromatic carbocycles. The topological polar surface area (TPSA) is 66.5 Å². The highest BCUT2D eigenvalue weighted by Gasteiger charge is 2.24. The first-order valence-electron chi connectivity index (χ1n) is 6.84. The summed E-state index contributed by atoms with van der Waals surface area (Å²) in [6.45, 7) is -0.0199. The molecule has 0 atom stereocenters. The van der Waals surface area contributed by atoms with E-state index in [1.54, 1.807) is 12.1 Å². The molecule has 0 unspecified atom stereocenters. The average Bonchev–Trinajstić information content (AvgIpc) is 3.19. The number of sulfonamides is 1. The van der Waals surface area contributed by atoms with Crippen molar-refractivity contribution in [2.75, 3.05) is 12.8 Å². The Hall–Kier alpha value is -1.47. The summed E-state index contributed by atoms with van der Waals surface area (Å²) >= 11 is 0. The van der Waals surface area contributed by atoms with Crippen molar-refractivity contribution in [1.29, 1.82) is 0 Å². The summed E-state index contributed by atoms with van der Waals surface area (Å²) in [6, 6.07) is 6.27. The van der Waals surface area contributed by atoms with Crippen molar-refractivity contribution in [3.8, 4) is 0 Å². The van der Waals surface area contributed by atoms with E-state index in [0.717, 1.165) is 23.4 Å². The second-order valence-corrected chi connectivity index (χ2v) is 7.26. The standard InChI is InChI=1S/C14H19FN2O3S/c1-21(19,20)17(9-8-14(18)16-12-6-7-12)10-11-4-2-3-5-13(11)15/h2-5,12H,6-10H2,1H3,(H,16,18). The second-order valence-electron chi connectivity index (χ2n) is 5.28. The van der Waals surface area contributed by atoms with Crippen LogP contribution >= 0.6 is 0 Å². The summed E-state index contributed by atoms with van der Waals surface area (Å²) in [5.41, 5.74) is 0.297. The molecular formula is C14H19FN2O3S. The SMILES string of the molecule is CS(=O)(=O)N(CCC(=O)NC1CC1)Cc1ccccc1F. The molecule has 0 aromatic heterocycles. The Balaban J connectivity index is 1.98. The van der Waals surface area contributed by atoms with Gasteiger partial charge in [-0.1, -0.05) is 18.2 Å². The lowest BCUT2D eigenvalue weighted by Crippen LogP contribution is -2.35. The highest BCUT2D eigenvalue weighted by atomic mass is 32.2. The zero-order valence-corrected chi connectivity index (χ0v) is 12.7. The van der Waals surface area contributed by atoms with Crippen LogP contribution in [0.5, 0.6) is 0 Å². The normalized spacial score (nSPS) is 15.2. The van der Waals surface area contributed by atoms with Gasteiger partial charge in [0.25, 0.3) is 0 Å². The maximum Gasteiger partial charge on any atom is 0.221 e. The lowest BCUT2D eigenvalue weighted by molar-refractivity contribution is -0.121. The lowest BCUT2D eigenvalue weighted by Gasteiger charge is -2.20. The van der Waals surface area contributed by atoms with E-state index in [-0.39, 0.29) is 31.5 Å². The number of hydrogen-bond donors (Lipinski definition) is 1. The van der Waals surface area contributed by atoms with Gasteiger partial charge in [0.2, 0.25) is 15.9 Å². The third-order valence-corrected chi connectivity index (χ3v) is 4.55. The molecule has 21 heavy (non-hydrogen) atoms. The van der Waals surface area contributed by atoms with Crippen LogP contribution in [0.2, 0.25) is 0 Å². The minimum absolute atomic E-state index is 0.0473. The molecule has 2 rings (SSSR count). The number of benzene rings is 1. The first-order valence-corrected chi connectivity index (χ1v) is 8.69. The Morgan fingerprint density at radius 3 is 2.62 bits per heavy atom. The first kappa shape index (κ1) is 15.9. The molecule has 5 nitrogen and oxygen atoms in total. The van der Waals surface area contributed by atoms with Crippen molar-refractivity contribution in [3.63, 3.8) is 0 Å². The molecule has 1 N–H and O–H groups in total. The van der Waals surface area contributed by atoms with Crippen molar-refractivity contribution >= 4 is 15.9 Å². The van der Waals surface area contributed by atoms with Gasteiger partial charge in [-0.3, -0.25) is 4.79 Å². The average molecular weight is 314 g/mol. The summed E-state index contributed by atoms with van der Waals surface area (Å²) in [5, 5.41) is 2.80. The minimum atomic E-state index is -3.50. The number of halogens is 1. The van der Waals surface area contributed by atoms with E-state index >= 15 is 0 Å². The minimum Gasteiger partial charge on any atom is -0.353 e. The molecule has 1 aliphatic rings. The van der Waals surface area contributed by atoms with Gasteiger partial charge in [-0.15, -0.1) is 0 Å². The molecule has 1 aromatic rings. The smallest absolute Gasteiger partial charge is 0.221 e. The fourth-order valence-electron chi connectivity index (χ4n) is 1.93. The van der Waals surface area contributed by atoms with E-state index in [1.807, 2.05) is 0 Å². The monoisotopic (exact) mass is 314 g/mol. The molecule has 0 saturated heterocycles. The van der Waals surface area contributed by atoms with Crippen LogP contribution in [-0.2, 0) is 21.4 Å². The predicted molar refractivity (Wildman–Crippen MR) is 77.4 cm³/mol. The Labute approximate surface area is 124 Å². The summed E-state index contributed by atoms with van der Waals surface area (Å²) in [7, 11) is -3.50. The van der Waals surface area contributed by atoms with Crippen molar-refractivity contribution in [3.05, 3.63) is 35.6 Å². The van der Waals surface area contributed by atoms with Gasteiger partial charge < -0.3 is 5.32 Å². The molecular weight excluding hydrogens is 295 g/mol. The van der Waals surface area contributed by atoms with Crippen LogP contribution in [0.3, 0.4) is 0 Å². The van der Waals surface area contributed by atoms with Gasteiger partial charge in [-0.2, -0.15) is 4.31 Å². The van der Waals surface area contributed by atoms with Gasteiger partial charge in [0, 0.05) is 31.1 Å². The number of rotatable bonds is 7. The highest BCUT2D eigenvalue weighted by molar-refractivity contribution is 7.88. The summed E-state index contributed by atoms with van der Waals surface area (Å²) < 4.78 is 38.3. The van der Waals surface area contributed by atoms with Crippen LogP contribution in [0.4, 0.5) is 4.39 Å². The van der Waals surface area contributed by atoms with Gasteiger partial charge in [0.05, 0.1) is 6.26 Å². The van der Waals surface area contributed by atoms with Crippen LogP contribution in [0.1, 0.15) is 24.8 Å². The zero-order valence-electron chi connectivity index (χ0n) is 11.9. The van der Waals surface area contributed by atoms with Crippen molar-refractivity contribution in [2.24, 2.45) is 0 Å². The summed E-state index contributed by atoms with van der Waals surface area (Å²) in [5.74, 6) is -0.617. The second kappa shape index (κ2) is 6.53. The van der Waals surface area contributed by atoms with Gasteiger partial charge >= 0.3 is 0 Å². The quantitative estimate of drug-likeness (QED) is 0.824. The van der Waals surface area contributed by atoms with Gasteiger partial charge in [-0.05, 0) is 18.9 Å². The maximum absolute atomic E-state index is 13.6. The van der Waals surface area contributed by atoms with E-state index in [2.05, 4.69) is 5.32 Å². The molecule has 0 aliphatic heterocycles. The molecule has 1 aliphatic carbocycles. The van der Waals surface area contributed by atoms with E-state index in [4.69, 9.17) is 0 Å². The maximum atomic E-state index is 13.6. The molecule has 1 amide bonds. The Bertz CT molecular complexity index is 614. The van der Waals surface area contributed by atoms with Crippen LogP contribution in [0.25, 0.3) is 0 Å². The fraction of sp³-hybridized carbons (Fsp3) is 0.500. The number of amides is 1. The van der Waals surface area contributed by atoms with E-state index in [9.17, 15) is 17.6 Å². The third-order valence-electron chi connectivity index (χ3n) is 3.30. The third kappa shape index (κ3) is 5.09. The van der Waals surface area contributed by atoms with Crippen molar-refractivity contribution in [2.45, 2.75) is 31.8 Å². The van der Waals surface area contributed by atoms with Crippen LogP contribution in [0.15, 0.2) is 24.3 Å². The zero-order chi connectivity index (χ0) is 15.5. The molecule has 0 radical (unpaired) electrons. The summed E-state index contributed by atoms with van der Waals surface area (Å²) in [6.07, 6.45) is 3.11. The number of nitrogens with zero attached hydrogens (tertiary/aromatic N) is 1. The Kier molecular flexibility index (Phi) is 4.95. The molecule has 0 bridgehead atoms. The first-order chi connectivity index (χ1) is 9.86. The van der Waals surface area contributed by atoms with E-state index < -0.39 is 15.8 Å². The highest BCUT2D eigenvalue weighted by Crippen LogP contribution is 2.19. The Morgan fingerprint density at radius 2 is 2.05 bits per heavy atom. The van der Waals surface area contributed by atoms with Crippen LogP contribution in [-0.4, -0.2) is 37.5 Å². The largest absolute Gasteiger partial charge is 0.353 e. The van der Waals surface area contributed by atoms with Gasteiger partial charge in [0.1, 0.15) is 5.82 Å². The van der Waals surface area contributed by atoms with Gasteiger partial charge in [-0.25, -0.2) is 12.8 Å². The van der Waals surface area contributed by atoms with Crippen LogP contribution in [0, 0.1) is 5.82 Å². The molecule has 0 heterocycles. The number of carbonyl (C=O) groups excluding carboxylic acids is 1. The number of carbonyl (C=O) groups is 1. The molecule has 1 saturated carbocycles.